The molecule has 5 heteroatoms. The van der Waals surface area contributed by atoms with Crippen molar-refractivity contribution in [2.24, 2.45) is 0 Å². The molecular weight excluding hydrogens is 316 g/mol. The Morgan fingerprint density at radius 2 is 2.09 bits per heavy atom. The van der Waals surface area contributed by atoms with Crippen LogP contribution in [0.4, 0.5) is 0 Å². The maximum Gasteiger partial charge on any atom is 0.172 e. The number of H-pyrrole nitrogens is 1. The molecule has 0 atom stereocenters. The van der Waals surface area contributed by atoms with Gasteiger partial charge in [-0.2, -0.15) is 0 Å². The van der Waals surface area contributed by atoms with Crippen molar-refractivity contribution in [2.75, 3.05) is 5.75 Å². The number of imidazole rings is 1. The molecule has 0 spiro atoms. The van der Waals surface area contributed by atoms with Crippen LogP contribution in [0.15, 0.2) is 42.5 Å². The summed E-state index contributed by atoms with van der Waals surface area (Å²) in [4.78, 5) is 19.9. The lowest BCUT2D eigenvalue weighted by Gasteiger charge is -2.03. The number of aryl methyl sites for hydroxylation is 1. The van der Waals surface area contributed by atoms with E-state index >= 15 is 0 Å². The number of aromatic nitrogens is 2. The van der Waals surface area contributed by atoms with Gasteiger partial charge in [-0.25, -0.2) is 4.98 Å². The van der Waals surface area contributed by atoms with E-state index in [1.165, 1.54) is 0 Å². The number of fused-ring (bicyclic) bond motifs is 1. The first kappa shape index (κ1) is 15.1. The summed E-state index contributed by atoms with van der Waals surface area (Å²) in [5, 5.41) is 0.687. The van der Waals surface area contributed by atoms with Crippen LogP contribution in [0, 0.1) is 6.92 Å². The second-order valence-corrected chi connectivity index (χ2v) is 6.47. The first-order valence-electron chi connectivity index (χ1n) is 6.94. The van der Waals surface area contributed by atoms with E-state index in [1.54, 1.807) is 23.9 Å². The Morgan fingerprint density at radius 3 is 2.86 bits per heavy atom. The van der Waals surface area contributed by atoms with Gasteiger partial charge in [0.1, 0.15) is 5.82 Å². The zero-order valence-electron chi connectivity index (χ0n) is 12.1. The monoisotopic (exact) mass is 330 g/mol. The summed E-state index contributed by atoms with van der Waals surface area (Å²) in [5.74, 6) is 2.12. The number of Topliss-reactive ketones (excluding diaryl/α,β-unsaturated/α-hetero) is 1. The van der Waals surface area contributed by atoms with Gasteiger partial charge in [-0.15, -0.1) is 11.8 Å². The van der Waals surface area contributed by atoms with E-state index < -0.39 is 0 Å². The van der Waals surface area contributed by atoms with Gasteiger partial charge in [-0.1, -0.05) is 23.7 Å². The lowest BCUT2D eigenvalue weighted by molar-refractivity contribution is 0.102. The Hall–Kier alpha value is -1.78. The molecule has 0 amide bonds. The second-order valence-electron chi connectivity index (χ2n) is 5.08. The molecule has 22 heavy (non-hydrogen) atoms. The Balaban J connectivity index is 1.60. The summed E-state index contributed by atoms with van der Waals surface area (Å²) in [6, 6.07) is 13.3. The normalized spacial score (nSPS) is 11.0. The van der Waals surface area contributed by atoms with Gasteiger partial charge in [0, 0.05) is 10.6 Å². The SMILES string of the molecule is Cc1cc(C(=O)CSCc2nc3ccccc3[nH]2)ccc1Cl. The van der Waals surface area contributed by atoms with E-state index in [-0.39, 0.29) is 5.78 Å². The number of carbonyl (C=O) groups excluding carboxylic acids is 1. The number of halogens is 1. The maximum absolute atomic E-state index is 12.2. The first-order chi connectivity index (χ1) is 10.6. The highest BCUT2D eigenvalue weighted by Crippen LogP contribution is 2.19. The van der Waals surface area contributed by atoms with E-state index in [1.807, 2.05) is 37.3 Å². The molecule has 0 aliphatic carbocycles. The molecule has 0 radical (unpaired) electrons. The van der Waals surface area contributed by atoms with E-state index in [9.17, 15) is 4.79 Å². The second kappa shape index (κ2) is 6.55. The average molecular weight is 331 g/mol. The minimum atomic E-state index is 0.112. The predicted molar refractivity (Wildman–Crippen MR) is 92.8 cm³/mol. The Morgan fingerprint density at radius 1 is 1.27 bits per heavy atom. The number of thioether (sulfide) groups is 1. The number of carbonyl (C=O) groups is 1. The fourth-order valence-corrected chi connectivity index (χ4v) is 3.12. The Kier molecular flexibility index (Phi) is 4.50. The molecular formula is C17H15ClN2OS. The van der Waals surface area contributed by atoms with Crippen molar-refractivity contribution in [2.45, 2.75) is 12.7 Å². The molecule has 0 saturated carbocycles. The van der Waals surface area contributed by atoms with E-state index in [0.717, 1.165) is 22.4 Å². The van der Waals surface area contributed by atoms with Crippen LogP contribution < -0.4 is 0 Å². The third kappa shape index (κ3) is 3.34. The number of para-hydroxylation sites is 2. The smallest absolute Gasteiger partial charge is 0.172 e. The lowest BCUT2D eigenvalue weighted by Crippen LogP contribution is -2.03. The number of nitrogens with zero attached hydrogens (tertiary/aromatic N) is 1. The van der Waals surface area contributed by atoms with Gasteiger partial charge in [-0.05, 0) is 42.8 Å². The predicted octanol–water partition coefficient (Wildman–Crippen LogP) is 4.64. The number of hydrogen-bond acceptors (Lipinski definition) is 3. The van der Waals surface area contributed by atoms with E-state index in [4.69, 9.17) is 11.6 Å². The summed E-state index contributed by atoms with van der Waals surface area (Å²) >= 11 is 7.54. The van der Waals surface area contributed by atoms with Crippen molar-refractivity contribution in [3.63, 3.8) is 0 Å². The zero-order valence-corrected chi connectivity index (χ0v) is 13.7. The third-order valence-corrected chi connectivity index (χ3v) is 4.76. The third-order valence-electron chi connectivity index (χ3n) is 3.39. The fraction of sp³-hybridized carbons (Fsp3) is 0.176. The minimum absolute atomic E-state index is 0.112. The number of rotatable bonds is 5. The van der Waals surface area contributed by atoms with Gasteiger partial charge in [0.15, 0.2) is 5.78 Å². The number of benzene rings is 2. The van der Waals surface area contributed by atoms with Gasteiger partial charge in [0.2, 0.25) is 0 Å². The van der Waals surface area contributed by atoms with Crippen molar-refractivity contribution in [3.8, 4) is 0 Å². The molecule has 1 heterocycles. The van der Waals surface area contributed by atoms with Gasteiger partial charge < -0.3 is 4.98 Å². The van der Waals surface area contributed by atoms with Crippen molar-refractivity contribution < 1.29 is 4.79 Å². The summed E-state index contributed by atoms with van der Waals surface area (Å²) in [6.07, 6.45) is 0. The van der Waals surface area contributed by atoms with Crippen molar-refractivity contribution in [1.29, 1.82) is 0 Å². The maximum atomic E-state index is 12.2. The van der Waals surface area contributed by atoms with Crippen LogP contribution in [0.3, 0.4) is 0 Å². The summed E-state index contributed by atoms with van der Waals surface area (Å²) < 4.78 is 0. The van der Waals surface area contributed by atoms with Crippen LogP contribution >= 0.6 is 23.4 Å². The fourth-order valence-electron chi connectivity index (χ4n) is 2.22. The summed E-state index contributed by atoms with van der Waals surface area (Å²) in [5.41, 5.74) is 3.62. The largest absolute Gasteiger partial charge is 0.341 e. The van der Waals surface area contributed by atoms with E-state index in [2.05, 4.69) is 9.97 Å². The van der Waals surface area contributed by atoms with Gasteiger partial charge in [-0.3, -0.25) is 4.79 Å². The quantitative estimate of drug-likeness (QED) is 0.693. The van der Waals surface area contributed by atoms with Gasteiger partial charge in [0.05, 0.1) is 22.5 Å². The molecule has 3 nitrogen and oxygen atoms in total. The molecule has 0 aliphatic heterocycles. The molecule has 1 aromatic heterocycles. The van der Waals surface area contributed by atoms with Gasteiger partial charge >= 0.3 is 0 Å². The highest BCUT2D eigenvalue weighted by Gasteiger charge is 2.09. The van der Waals surface area contributed by atoms with E-state index in [0.29, 0.717) is 22.1 Å². The topological polar surface area (TPSA) is 45.8 Å². The van der Waals surface area contributed by atoms with Crippen LogP contribution in [0.1, 0.15) is 21.7 Å². The highest BCUT2D eigenvalue weighted by atomic mass is 35.5. The molecule has 0 unspecified atom stereocenters. The van der Waals surface area contributed by atoms with Crippen LogP contribution in [-0.2, 0) is 5.75 Å². The minimum Gasteiger partial charge on any atom is -0.341 e. The van der Waals surface area contributed by atoms with Crippen LogP contribution in [0.2, 0.25) is 5.02 Å². The Labute approximate surface area is 138 Å². The number of ketones is 1. The zero-order chi connectivity index (χ0) is 15.5. The van der Waals surface area contributed by atoms with Crippen molar-refractivity contribution in [1.82, 2.24) is 9.97 Å². The molecule has 0 saturated heterocycles. The molecule has 3 rings (SSSR count). The molecule has 0 fully saturated rings. The molecule has 112 valence electrons. The molecule has 0 aliphatic rings. The number of nitrogens with one attached hydrogen (secondary N) is 1. The summed E-state index contributed by atoms with van der Waals surface area (Å²) in [7, 11) is 0. The van der Waals surface area contributed by atoms with Crippen molar-refractivity contribution in [3.05, 3.63) is 64.4 Å². The van der Waals surface area contributed by atoms with Crippen LogP contribution in [0.25, 0.3) is 11.0 Å². The Bertz CT molecular complexity index is 795. The molecule has 1 N–H and O–H groups in total. The lowest BCUT2D eigenvalue weighted by atomic mass is 10.1. The molecule has 3 aromatic rings. The van der Waals surface area contributed by atoms with Crippen LogP contribution in [-0.4, -0.2) is 21.5 Å². The average Bonchev–Trinajstić information content (AvgIpc) is 2.92. The standard InChI is InChI=1S/C17H15ClN2OS/c1-11-8-12(6-7-13(11)18)16(21)9-22-10-17-19-14-4-2-3-5-15(14)20-17/h2-8H,9-10H2,1H3,(H,19,20). The molecule has 2 aromatic carbocycles. The highest BCUT2D eigenvalue weighted by molar-refractivity contribution is 7.99. The van der Waals surface area contributed by atoms with Gasteiger partial charge in [0.25, 0.3) is 0 Å². The first-order valence-corrected chi connectivity index (χ1v) is 8.47. The number of hydrogen-bond donors (Lipinski definition) is 1. The molecule has 0 bridgehead atoms. The van der Waals surface area contributed by atoms with Crippen molar-refractivity contribution >= 4 is 40.2 Å². The number of aromatic amines is 1. The van der Waals surface area contributed by atoms with Crippen LogP contribution in [0.5, 0.6) is 0 Å². The summed E-state index contributed by atoms with van der Waals surface area (Å²) in [6.45, 7) is 1.90.